The van der Waals surface area contributed by atoms with E-state index in [1.54, 1.807) is 18.2 Å². The Hall–Kier alpha value is -1.07. The van der Waals surface area contributed by atoms with Crippen molar-refractivity contribution in [3.63, 3.8) is 0 Å². The van der Waals surface area contributed by atoms with Gasteiger partial charge in [0.2, 0.25) is 0 Å². The summed E-state index contributed by atoms with van der Waals surface area (Å²) in [7, 11) is 0. The van der Waals surface area contributed by atoms with E-state index in [4.69, 9.17) is 5.73 Å². The van der Waals surface area contributed by atoms with Gasteiger partial charge in [0.05, 0.1) is 0 Å². The van der Waals surface area contributed by atoms with E-state index in [1.165, 1.54) is 0 Å². The molecule has 1 unspecified atom stereocenters. The summed E-state index contributed by atoms with van der Waals surface area (Å²) in [4.78, 5) is 16.8. The summed E-state index contributed by atoms with van der Waals surface area (Å²) in [5.74, 6) is 0.0864. The number of nitrogens with zero attached hydrogens (tertiary/aromatic N) is 2. The van der Waals surface area contributed by atoms with Gasteiger partial charge >= 0.3 is 0 Å². The minimum absolute atomic E-state index is 0.0864. The second kappa shape index (κ2) is 5.92. The number of carbonyl (C=O) groups excluding carboxylic acids is 1. The fourth-order valence-corrected chi connectivity index (χ4v) is 2.87. The maximum absolute atomic E-state index is 12.4. The molecule has 1 aromatic carbocycles. The largest absolute Gasteiger partial charge is 0.398 e. The van der Waals surface area contributed by atoms with Crippen LogP contribution in [0.2, 0.25) is 0 Å². The van der Waals surface area contributed by atoms with Crippen molar-refractivity contribution in [2.45, 2.75) is 19.9 Å². The molecule has 4 nitrogen and oxygen atoms in total. The van der Waals surface area contributed by atoms with Gasteiger partial charge in [-0.05, 0) is 47.6 Å². The van der Waals surface area contributed by atoms with Crippen LogP contribution in [0.15, 0.2) is 22.7 Å². The summed E-state index contributed by atoms with van der Waals surface area (Å²) in [6, 6.07) is 5.77. The van der Waals surface area contributed by atoms with E-state index in [2.05, 4.69) is 34.7 Å². The average molecular weight is 326 g/mol. The van der Waals surface area contributed by atoms with Crippen LogP contribution in [-0.2, 0) is 0 Å². The van der Waals surface area contributed by atoms with Gasteiger partial charge < -0.3 is 10.6 Å². The number of benzene rings is 1. The van der Waals surface area contributed by atoms with Gasteiger partial charge in [-0.25, -0.2) is 0 Å². The number of nitrogens with two attached hydrogens (primary N) is 1. The lowest BCUT2D eigenvalue weighted by atomic mass is 10.1. The highest BCUT2D eigenvalue weighted by Crippen LogP contribution is 2.22. The van der Waals surface area contributed by atoms with Crippen LogP contribution >= 0.6 is 15.9 Å². The van der Waals surface area contributed by atoms with Gasteiger partial charge in [-0.1, -0.05) is 6.92 Å². The Morgan fingerprint density at radius 2 is 2.21 bits per heavy atom. The number of piperazine rings is 1. The van der Waals surface area contributed by atoms with E-state index < -0.39 is 0 Å². The second-order valence-electron chi connectivity index (χ2n) is 4.97. The van der Waals surface area contributed by atoms with Gasteiger partial charge in [0, 0.05) is 41.4 Å². The lowest BCUT2D eigenvalue weighted by Gasteiger charge is -2.39. The zero-order valence-electron chi connectivity index (χ0n) is 11.4. The molecule has 1 aromatic rings. The first-order chi connectivity index (χ1) is 9.02. The predicted octanol–water partition coefficient (Wildman–Crippen LogP) is 2.20. The fourth-order valence-electron chi connectivity index (χ4n) is 2.49. The molecule has 0 spiro atoms. The highest BCUT2D eigenvalue weighted by atomic mass is 79.9. The quantitative estimate of drug-likeness (QED) is 0.848. The minimum Gasteiger partial charge on any atom is -0.398 e. The van der Waals surface area contributed by atoms with Crippen LogP contribution in [0.4, 0.5) is 5.69 Å². The van der Waals surface area contributed by atoms with Crippen LogP contribution in [0, 0.1) is 0 Å². The predicted molar refractivity (Wildman–Crippen MR) is 81.2 cm³/mol. The van der Waals surface area contributed by atoms with Crippen molar-refractivity contribution < 1.29 is 4.79 Å². The lowest BCUT2D eigenvalue weighted by molar-refractivity contribution is 0.0528. The van der Waals surface area contributed by atoms with Crippen molar-refractivity contribution in [3.8, 4) is 0 Å². The third kappa shape index (κ3) is 3.09. The molecule has 0 radical (unpaired) electrons. The molecule has 2 rings (SSSR count). The molecule has 104 valence electrons. The standard InChI is InChI=1S/C14H20BrN3O/c1-3-17-6-7-18(9-10(17)2)14(19)11-4-5-13(16)12(15)8-11/h4-5,8,10H,3,6-7,9,16H2,1-2H3. The SMILES string of the molecule is CCN1CCN(C(=O)c2ccc(N)c(Br)c2)CC1C. The van der Waals surface area contributed by atoms with Gasteiger partial charge in [-0.15, -0.1) is 0 Å². The van der Waals surface area contributed by atoms with Crippen molar-refractivity contribution in [1.29, 1.82) is 0 Å². The number of halogens is 1. The maximum Gasteiger partial charge on any atom is 0.253 e. The van der Waals surface area contributed by atoms with E-state index in [0.717, 1.165) is 30.7 Å². The number of anilines is 1. The topological polar surface area (TPSA) is 49.6 Å². The van der Waals surface area contributed by atoms with Crippen LogP contribution < -0.4 is 5.73 Å². The number of likely N-dealkylation sites (N-methyl/N-ethyl adjacent to an activating group) is 1. The van der Waals surface area contributed by atoms with Crippen LogP contribution in [0.25, 0.3) is 0 Å². The van der Waals surface area contributed by atoms with Crippen molar-refractivity contribution >= 4 is 27.5 Å². The molecule has 1 atom stereocenters. The molecular formula is C14H20BrN3O. The molecular weight excluding hydrogens is 306 g/mol. The monoisotopic (exact) mass is 325 g/mol. The summed E-state index contributed by atoms with van der Waals surface area (Å²) in [5.41, 5.74) is 7.09. The van der Waals surface area contributed by atoms with Crippen LogP contribution in [0.1, 0.15) is 24.2 Å². The summed E-state index contributed by atoms with van der Waals surface area (Å²) >= 11 is 3.37. The molecule has 1 fully saturated rings. The maximum atomic E-state index is 12.4. The summed E-state index contributed by atoms with van der Waals surface area (Å²) in [6.07, 6.45) is 0. The smallest absolute Gasteiger partial charge is 0.253 e. The molecule has 0 saturated carbocycles. The number of amides is 1. The van der Waals surface area contributed by atoms with Crippen molar-refractivity contribution in [3.05, 3.63) is 28.2 Å². The van der Waals surface area contributed by atoms with Crippen molar-refractivity contribution in [2.24, 2.45) is 0 Å². The van der Waals surface area contributed by atoms with Gasteiger partial charge in [0.1, 0.15) is 0 Å². The Kier molecular flexibility index (Phi) is 4.47. The highest BCUT2D eigenvalue weighted by molar-refractivity contribution is 9.10. The van der Waals surface area contributed by atoms with E-state index >= 15 is 0 Å². The first-order valence-electron chi connectivity index (χ1n) is 6.61. The molecule has 1 heterocycles. The van der Waals surface area contributed by atoms with Gasteiger partial charge in [0.25, 0.3) is 5.91 Å². The molecule has 1 amide bonds. The minimum atomic E-state index is 0.0864. The molecule has 2 N–H and O–H groups in total. The summed E-state index contributed by atoms with van der Waals surface area (Å²) < 4.78 is 0.776. The van der Waals surface area contributed by atoms with E-state index in [0.29, 0.717) is 17.3 Å². The molecule has 1 saturated heterocycles. The lowest BCUT2D eigenvalue weighted by Crippen LogP contribution is -2.53. The first kappa shape index (κ1) is 14.3. The Morgan fingerprint density at radius 1 is 1.47 bits per heavy atom. The Bertz CT molecular complexity index is 478. The second-order valence-corrected chi connectivity index (χ2v) is 5.82. The van der Waals surface area contributed by atoms with E-state index in [1.807, 2.05) is 4.90 Å². The van der Waals surface area contributed by atoms with Gasteiger partial charge in [-0.2, -0.15) is 0 Å². The first-order valence-corrected chi connectivity index (χ1v) is 7.40. The van der Waals surface area contributed by atoms with Gasteiger partial charge in [-0.3, -0.25) is 9.69 Å². The number of rotatable bonds is 2. The fraction of sp³-hybridized carbons (Fsp3) is 0.500. The van der Waals surface area contributed by atoms with Crippen LogP contribution in [0.3, 0.4) is 0 Å². The normalized spacial score (nSPS) is 20.6. The molecule has 19 heavy (non-hydrogen) atoms. The number of hydrogen-bond acceptors (Lipinski definition) is 3. The molecule has 0 aliphatic carbocycles. The molecule has 1 aliphatic heterocycles. The third-order valence-electron chi connectivity index (χ3n) is 3.71. The molecule has 1 aliphatic rings. The van der Waals surface area contributed by atoms with E-state index in [-0.39, 0.29) is 5.91 Å². The molecule has 0 bridgehead atoms. The number of nitrogen functional groups attached to an aromatic ring is 1. The molecule has 0 aromatic heterocycles. The van der Waals surface area contributed by atoms with Crippen molar-refractivity contribution in [2.75, 3.05) is 31.9 Å². The Balaban J connectivity index is 2.10. The Labute approximate surface area is 122 Å². The third-order valence-corrected chi connectivity index (χ3v) is 4.39. The average Bonchev–Trinajstić information content (AvgIpc) is 2.41. The van der Waals surface area contributed by atoms with Crippen LogP contribution in [0.5, 0.6) is 0 Å². The zero-order valence-corrected chi connectivity index (χ0v) is 13.0. The van der Waals surface area contributed by atoms with Crippen molar-refractivity contribution in [1.82, 2.24) is 9.80 Å². The van der Waals surface area contributed by atoms with Crippen LogP contribution in [-0.4, -0.2) is 47.9 Å². The number of carbonyl (C=O) groups is 1. The summed E-state index contributed by atoms with van der Waals surface area (Å²) in [5, 5.41) is 0. The molecule has 5 heteroatoms. The zero-order chi connectivity index (χ0) is 14.0. The number of hydrogen-bond donors (Lipinski definition) is 1. The highest BCUT2D eigenvalue weighted by Gasteiger charge is 2.26. The van der Waals surface area contributed by atoms with Gasteiger partial charge in [0.15, 0.2) is 0 Å². The Morgan fingerprint density at radius 3 is 2.79 bits per heavy atom. The summed E-state index contributed by atoms with van der Waals surface area (Å²) in [6.45, 7) is 7.89. The van der Waals surface area contributed by atoms with E-state index in [9.17, 15) is 4.79 Å².